The summed E-state index contributed by atoms with van der Waals surface area (Å²) >= 11 is 1.45. The lowest BCUT2D eigenvalue weighted by molar-refractivity contribution is 1.39. The van der Waals surface area contributed by atoms with Crippen molar-refractivity contribution in [3.63, 3.8) is 0 Å². The van der Waals surface area contributed by atoms with E-state index < -0.39 is 0 Å². The van der Waals surface area contributed by atoms with E-state index in [0.717, 1.165) is 10.6 Å². The minimum Gasteiger partial charge on any atom is -0.244 e. The van der Waals surface area contributed by atoms with Crippen molar-refractivity contribution < 1.29 is 0 Å². The van der Waals surface area contributed by atoms with E-state index >= 15 is 0 Å². The Morgan fingerprint density at radius 2 is 2.07 bits per heavy atom. The van der Waals surface area contributed by atoms with E-state index in [1.807, 2.05) is 11.4 Å². The molecule has 0 unspecified atom stereocenters. The van der Waals surface area contributed by atoms with Gasteiger partial charge in [0.1, 0.15) is 5.01 Å². The van der Waals surface area contributed by atoms with Crippen LogP contribution in [0.3, 0.4) is 0 Å². The molecule has 0 spiro atoms. The lowest BCUT2D eigenvalue weighted by Crippen LogP contribution is -1.85. The highest BCUT2D eigenvalue weighted by Crippen LogP contribution is 2.26. The fourth-order valence-corrected chi connectivity index (χ4v) is 1.91. The van der Waals surface area contributed by atoms with E-state index in [-0.39, 0.29) is 0 Å². The SMILES string of the molecule is N#Cc1ccc(C#N)c(-c2nccs2)c1. The first-order valence-electron chi connectivity index (χ1n) is 4.19. The van der Waals surface area contributed by atoms with Gasteiger partial charge in [-0.25, -0.2) is 4.98 Å². The third kappa shape index (κ3) is 1.71. The van der Waals surface area contributed by atoms with Gasteiger partial charge in [0.15, 0.2) is 0 Å². The molecule has 0 N–H and O–H groups in total. The Morgan fingerprint density at radius 3 is 2.67 bits per heavy atom. The summed E-state index contributed by atoms with van der Waals surface area (Å²) in [5, 5.41) is 20.3. The van der Waals surface area contributed by atoms with Gasteiger partial charge in [0.2, 0.25) is 0 Å². The summed E-state index contributed by atoms with van der Waals surface area (Å²) in [7, 11) is 0. The van der Waals surface area contributed by atoms with Gasteiger partial charge in [0.05, 0.1) is 23.3 Å². The van der Waals surface area contributed by atoms with Gasteiger partial charge in [-0.2, -0.15) is 10.5 Å². The molecular weight excluding hydrogens is 206 g/mol. The fraction of sp³-hybridized carbons (Fsp3) is 0. The number of rotatable bonds is 1. The van der Waals surface area contributed by atoms with Crippen LogP contribution in [0.4, 0.5) is 0 Å². The molecule has 0 saturated carbocycles. The number of thiazole rings is 1. The maximum atomic E-state index is 8.92. The first-order chi connectivity index (χ1) is 7.35. The van der Waals surface area contributed by atoms with E-state index in [2.05, 4.69) is 11.1 Å². The first kappa shape index (κ1) is 9.39. The van der Waals surface area contributed by atoms with E-state index in [1.165, 1.54) is 11.3 Å². The van der Waals surface area contributed by atoms with Gasteiger partial charge in [-0.1, -0.05) is 0 Å². The minimum absolute atomic E-state index is 0.541. The molecule has 0 fully saturated rings. The quantitative estimate of drug-likeness (QED) is 0.728. The van der Waals surface area contributed by atoms with Crippen LogP contribution in [0.2, 0.25) is 0 Å². The number of benzene rings is 1. The largest absolute Gasteiger partial charge is 0.244 e. The smallest absolute Gasteiger partial charge is 0.124 e. The van der Waals surface area contributed by atoms with Crippen LogP contribution in [0.15, 0.2) is 29.8 Å². The molecule has 2 aromatic rings. The van der Waals surface area contributed by atoms with Gasteiger partial charge in [-0.15, -0.1) is 11.3 Å². The third-order valence-corrected chi connectivity index (χ3v) is 2.74. The van der Waals surface area contributed by atoms with Crippen molar-refractivity contribution in [3.05, 3.63) is 40.9 Å². The standard InChI is InChI=1S/C11H5N3S/c12-6-8-1-2-9(7-13)10(5-8)11-14-3-4-15-11/h1-5H. The maximum absolute atomic E-state index is 8.92. The summed E-state index contributed by atoms with van der Waals surface area (Å²) in [6.07, 6.45) is 1.68. The monoisotopic (exact) mass is 211 g/mol. The van der Waals surface area contributed by atoms with E-state index in [9.17, 15) is 0 Å². The summed E-state index contributed by atoms with van der Waals surface area (Å²) in [6.45, 7) is 0. The normalized spacial score (nSPS) is 9.20. The number of aromatic nitrogens is 1. The molecule has 70 valence electrons. The van der Waals surface area contributed by atoms with Gasteiger partial charge in [0, 0.05) is 17.1 Å². The molecule has 15 heavy (non-hydrogen) atoms. The highest BCUT2D eigenvalue weighted by Gasteiger charge is 2.07. The first-order valence-corrected chi connectivity index (χ1v) is 5.07. The lowest BCUT2D eigenvalue weighted by Gasteiger charge is -1.99. The van der Waals surface area contributed by atoms with Gasteiger partial charge in [-0.05, 0) is 18.2 Å². The van der Waals surface area contributed by atoms with Gasteiger partial charge in [-0.3, -0.25) is 0 Å². The van der Waals surface area contributed by atoms with Crippen LogP contribution in [0.5, 0.6) is 0 Å². The van der Waals surface area contributed by atoms with Crippen molar-refractivity contribution in [2.24, 2.45) is 0 Å². The number of nitriles is 2. The second-order valence-electron chi connectivity index (χ2n) is 2.82. The fourth-order valence-electron chi connectivity index (χ4n) is 1.24. The zero-order valence-electron chi connectivity index (χ0n) is 7.64. The molecule has 0 aliphatic rings. The highest BCUT2D eigenvalue weighted by atomic mass is 32.1. The molecule has 2 rings (SSSR count). The van der Waals surface area contributed by atoms with Crippen molar-refractivity contribution >= 4 is 11.3 Å². The van der Waals surface area contributed by atoms with E-state index in [0.29, 0.717) is 11.1 Å². The molecule has 0 aliphatic carbocycles. The second-order valence-corrected chi connectivity index (χ2v) is 3.72. The van der Waals surface area contributed by atoms with Gasteiger partial charge in [0.25, 0.3) is 0 Å². The van der Waals surface area contributed by atoms with Crippen LogP contribution < -0.4 is 0 Å². The van der Waals surface area contributed by atoms with Crippen molar-refractivity contribution in [1.82, 2.24) is 4.98 Å². The third-order valence-electron chi connectivity index (χ3n) is 1.93. The lowest BCUT2D eigenvalue weighted by atomic mass is 10.1. The Bertz CT molecular complexity index is 559. The Kier molecular flexibility index (Phi) is 2.45. The molecule has 0 bridgehead atoms. The van der Waals surface area contributed by atoms with Crippen LogP contribution in [-0.2, 0) is 0 Å². The van der Waals surface area contributed by atoms with Crippen LogP contribution in [-0.4, -0.2) is 4.98 Å². The Morgan fingerprint density at radius 1 is 1.20 bits per heavy atom. The topological polar surface area (TPSA) is 60.5 Å². The number of hydrogen-bond acceptors (Lipinski definition) is 4. The number of nitrogens with zero attached hydrogens (tertiary/aromatic N) is 3. The van der Waals surface area contributed by atoms with Crippen LogP contribution in [0.25, 0.3) is 10.6 Å². The average molecular weight is 211 g/mol. The zero-order valence-corrected chi connectivity index (χ0v) is 8.45. The molecule has 1 aromatic carbocycles. The zero-order chi connectivity index (χ0) is 10.7. The maximum Gasteiger partial charge on any atom is 0.124 e. The summed E-state index contributed by atoms with van der Waals surface area (Å²) in [4.78, 5) is 4.13. The van der Waals surface area contributed by atoms with Crippen molar-refractivity contribution in [2.75, 3.05) is 0 Å². The molecule has 4 heteroatoms. The molecule has 3 nitrogen and oxygen atoms in total. The predicted molar refractivity (Wildman–Crippen MR) is 57.0 cm³/mol. The molecule has 0 saturated heterocycles. The molecular formula is C11H5N3S. The molecule has 0 radical (unpaired) electrons. The van der Waals surface area contributed by atoms with Crippen LogP contribution >= 0.6 is 11.3 Å². The highest BCUT2D eigenvalue weighted by molar-refractivity contribution is 7.13. The Balaban J connectivity index is 2.65. The summed E-state index contributed by atoms with van der Waals surface area (Å²) in [5.41, 5.74) is 1.81. The van der Waals surface area contributed by atoms with Gasteiger partial charge < -0.3 is 0 Å². The van der Waals surface area contributed by atoms with Crippen LogP contribution in [0, 0.1) is 22.7 Å². The average Bonchev–Trinajstić information content (AvgIpc) is 2.81. The molecule has 1 heterocycles. The van der Waals surface area contributed by atoms with E-state index in [4.69, 9.17) is 10.5 Å². The van der Waals surface area contributed by atoms with Gasteiger partial charge >= 0.3 is 0 Å². The van der Waals surface area contributed by atoms with Crippen molar-refractivity contribution in [1.29, 1.82) is 10.5 Å². The number of hydrogen-bond donors (Lipinski definition) is 0. The molecule has 0 atom stereocenters. The summed E-state index contributed by atoms with van der Waals surface area (Å²) < 4.78 is 0. The molecule has 0 aliphatic heterocycles. The van der Waals surface area contributed by atoms with Crippen molar-refractivity contribution in [2.45, 2.75) is 0 Å². The predicted octanol–water partition coefficient (Wildman–Crippen LogP) is 2.55. The molecule has 1 aromatic heterocycles. The van der Waals surface area contributed by atoms with Crippen molar-refractivity contribution in [3.8, 4) is 22.7 Å². The Hall–Kier alpha value is -2.17. The van der Waals surface area contributed by atoms with Crippen LogP contribution in [0.1, 0.15) is 11.1 Å². The second kappa shape index (κ2) is 3.91. The van der Waals surface area contributed by atoms with E-state index in [1.54, 1.807) is 24.4 Å². The summed E-state index contributed by atoms with van der Waals surface area (Å²) in [5.74, 6) is 0. The molecule has 0 amide bonds. The Labute approximate surface area is 90.9 Å². The minimum atomic E-state index is 0.541. The summed E-state index contributed by atoms with van der Waals surface area (Å²) in [6, 6.07) is 9.12.